The molecule has 0 fully saturated rings. The molecule has 72 valence electrons. The normalized spacial score (nSPS) is 12.8. The van der Waals surface area contributed by atoms with Crippen molar-refractivity contribution in [3.05, 3.63) is 22.4 Å². The molecule has 0 saturated carbocycles. The Morgan fingerprint density at radius 2 is 2.38 bits per heavy atom. The van der Waals surface area contributed by atoms with Crippen molar-refractivity contribution >= 4 is 17.1 Å². The third-order valence-corrected chi connectivity index (χ3v) is 2.68. The molecule has 13 heavy (non-hydrogen) atoms. The summed E-state index contributed by atoms with van der Waals surface area (Å²) in [4.78, 5) is 12.5. The molecule has 1 rings (SSSR count). The first-order valence-corrected chi connectivity index (χ1v) is 5.36. The highest BCUT2D eigenvalue weighted by Gasteiger charge is 2.18. The zero-order valence-corrected chi connectivity index (χ0v) is 8.76. The van der Waals surface area contributed by atoms with Crippen LogP contribution in [0.1, 0.15) is 29.9 Å². The van der Waals surface area contributed by atoms with Crippen LogP contribution in [0.25, 0.3) is 0 Å². The highest BCUT2D eigenvalue weighted by atomic mass is 32.1. The Labute approximate surface area is 82.5 Å². The van der Waals surface area contributed by atoms with E-state index >= 15 is 0 Å². The van der Waals surface area contributed by atoms with E-state index in [4.69, 9.17) is 4.74 Å². The summed E-state index contributed by atoms with van der Waals surface area (Å²) in [6.07, 6.45) is 0.480. The Morgan fingerprint density at radius 1 is 1.62 bits per heavy atom. The molecule has 0 aromatic carbocycles. The van der Waals surface area contributed by atoms with Gasteiger partial charge in [0.2, 0.25) is 5.78 Å². The van der Waals surface area contributed by atoms with Crippen molar-refractivity contribution in [2.24, 2.45) is 0 Å². The molecular weight excluding hydrogens is 184 g/mol. The van der Waals surface area contributed by atoms with Crippen molar-refractivity contribution in [1.29, 1.82) is 0 Å². The summed E-state index contributed by atoms with van der Waals surface area (Å²) >= 11 is 1.47. The van der Waals surface area contributed by atoms with Gasteiger partial charge in [0.25, 0.3) is 0 Å². The summed E-state index contributed by atoms with van der Waals surface area (Å²) in [7, 11) is 0. The van der Waals surface area contributed by atoms with Gasteiger partial charge in [-0.2, -0.15) is 0 Å². The number of hydrogen-bond donors (Lipinski definition) is 0. The van der Waals surface area contributed by atoms with E-state index in [1.165, 1.54) is 11.3 Å². The summed E-state index contributed by atoms with van der Waals surface area (Å²) in [6, 6.07) is 3.73. The number of ether oxygens (including phenoxy) is 1. The van der Waals surface area contributed by atoms with E-state index < -0.39 is 0 Å². The molecule has 0 spiro atoms. The van der Waals surface area contributed by atoms with Crippen LogP contribution in [0.2, 0.25) is 0 Å². The summed E-state index contributed by atoms with van der Waals surface area (Å²) in [6.45, 7) is 4.46. The van der Waals surface area contributed by atoms with Crippen LogP contribution in [0.15, 0.2) is 17.5 Å². The van der Waals surface area contributed by atoms with Crippen molar-refractivity contribution in [2.45, 2.75) is 26.4 Å². The van der Waals surface area contributed by atoms with E-state index in [-0.39, 0.29) is 11.9 Å². The monoisotopic (exact) mass is 198 g/mol. The van der Waals surface area contributed by atoms with Gasteiger partial charge >= 0.3 is 0 Å². The second-order valence-corrected chi connectivity index (χ2v) is 3.64. The number of rotatable bonds is 5. The van der Waals surface area contributed by atoms with E-state index in [9.17, 15) is 4.79 Å². The zero-order chi connectivity index (χ0) is 9.68. The Balaban J connectivity index is 2.65. The van der Waals surface area contributed by atoms with Crippen LogP contribution in [-0.4, -0.2) is 18.5 Å². The predicted molar refractivity (Wildman–Crippen MR) is 54.4 cm³/mol. The molecule has 3 heteroatoms. The van der Waals surface area contributed by atoms with Gasteiger partial charge in [-0.1, -0.05) is 13.0 Å². The average molecular weight is 198 g/mol. The van der Waals surface area contributed by atoms with Crippen molar-refractivity contribution < 1.29 is 9.53 Å². The van der Waals surface area contributed by atoms with Crippen molar-refractivity contribution in [2.75, 3.05) is 6.61 Å². The first kappa shape index (κ1) is 10.4. The molecule has 1 heterocycles. The maximum absolute atomic E-state index is 11.7. The van der Waals surface area contributed by atoms with Crippen molar-refractivity contribution in [1.82, 2.24) is 0 Å². The Kier molecular flexibility index (Phi) is 4.12. The van der Waals surface area contributed by atoms with Gasteiger partial charge in [0.1, 0.15) is 6.10 Å². The van der Waals surface area contributed by atoms with Crippen LogP contribution in [0, 0.1) is 0 Å². The number of Topliss-reactive ketones (excluding diaryl/α,β-unsaturated/α-hetero) is 1. The molecular formula is C10H14O2S. The summed E-state index contributed by atoms with van der Waals surface area (Å²) in [5.74, 6) is 0.111. The summed E-state index contributed by atoms with van der Waals surface area (Å²) < 4.78 is 5.33. The molecule has 0 aliphatic heterocycles. The van der Waals surface area contributed by atoms with Gasteiger partial charge in [-0.15, -0.1) is 11.3 Å². The molecule has 0 aliphatic carbocycles. The van der Waals surface area contributed by atoms with Gasteiger partial charge < -0.3 is 4.74 Å². The lowest BCUT2D eigenvalue weighted by Crippen LogP contribution is -2.22. The van der Waals surface area contributed by atoms with Crippen LogP contribution in [0.5, 0.6) is 0 Å². The summed E-state index contributed by atoms with van der Waals surface area (Å²) in [5, 5.41) is 1.91. The van der Waals surface area contributed by atoms with Crippen LogP contribution in [0.4, 0.5) is 0 Å². The molecule has 0 amide bonds. The molecule has 0 N–H and O–H groups in total. The number of hydrogen-bond acceptors (Lipinski definition) is 3. The Bertz CT molecular complexity index is 254. The third-order valence-electron chi connectivity index (χ3n) is 1.80. The number of carbonyl (C=O) groups excluding carboxylic acids is 1. The minimum Gasteiger partial charge on any atom is -0.370 e. The molecule has 0 aliphatic rings. The topological polar surface area (TPSA) is 26.3 Å². The molecule has 1 atom stereocenters. The lowest BCUT2D eigenvalue weighted by atomic mass is 10.1. The molecule has 0 saturated heterocycles. The van der Waals surface area contributed by atoms with Gasteiger partial charge in [-0.3, -0.25) is 4.79 Å². The molecule has 1 aromatic rings. The van der Waals surface area contributed by atoms with Gasteiger partial charge in [0.15, 0.2) is 0 Å². The largest absolute Gasteiger partial charge is 0.370 e. The molecule has 0 radical (unpaired) electrons. The lowest BCUT2D eigenvalue weighted by Gasteiger charge is -2.11. The Morgan fingerprint density at radius 3 is 2.85 bits per heavy atom. The number of carbonyl (C=O) groups is 1. The number of ketones is 1. The minimum atomic E-state index is -0.261. The fourth-order valence-electron chi connectivity index (χ4n) is 1.16. The molecule has 1 aromatic heterocycles. The lowest BCUT2D eigenvalue weighted by molar-refractivity contribution is 0.0447. The van der Waals surface area contributed by atoms with Crippen LogP contribution in [0.3, 0.4) is 0 Å². The second-order valence-electron chi connectivity index (χ2n) is 2.69. The third kappa shape index (κ3) is 2.64. The number of thiophene rings is 1. The Hall–Kier alpha value is -0.670. The van der Waals surface area contributed by atoms with Gasteiger partial charge in [0.05, 0.1) is 4.88 Å². The standard InChI is InChI=1S/C10H14O2S/c1-3-8(12-4-2)10(11)9-6-5-7-13-9/h5-8H,3-4H2,1-2H3. The maximum atomic E-state index is 11.7. The fourth-order valence-corrected chi connectivity index (χ4v) is 1.87. The average Bonchev–Trinajstić information content (AvgIpc) is 2.65. The van der Waals surface area contributed by atoms with Crippen LogP contribution in [-0.2, 0) is 4.74 Å². The predicted octanol–water partition coefficient (Wildman–Crippen LogP) is 2.75. The van der Waals surface area contributed by atoms with E-state index in [2.05, 4.69) is 0 Å². The molecule has 0 bridgehead atoms. The van der Waals surface area contributed by atoms with Crippen LogP contribution >= 0.6 is 11.3 Å². The second kappa shape index (κ2) is 5.14. The minimum absolute atomic E-state index is 0.111. The van der Waals surface area contributed by atoms with Crippen molar-refractivity contribution in [3.63, 3.8) is 0 Å². The highest BCUT2D eigenvalue weighted by molar-refractivity contribution is 7.12. The molecule has 1 unspecified atom stereocenters. The van der Waals surface area contributed by atoms with Gasteiger partial charge in [-0.05, 0) is 24.8 Å². The van der Waals surface area contributed by atoms with Gasteiger partial charge in [0, 0.05) is 6.61 Å². The highest BCUT2D eigenvalue weighted by Crippen LogP contribution is 2.14. The first-order valence-electron chi connectivity index (χ1n) is 4.48. The quantitative estimate of drug-likeness (QED) is 0.680. The fraction of sp³-hybridized carbons (Fsp3) is 0.500. The maximum Gasteiger partial charge on any atom is 0.201 e. The van der Waals surface area contributed by atoms with E-state index in [0.29, 0.717) is 6.61 Å². The van der Waals surface area contributed by atoms with Crippen molar-refractivity contribution in [3.8, 4) is 0 Å². The first-order chi connectivity index (χ1) is 6.29. The van der Waals surface area contributed by atoms with E-state index in [0.717, 1.165) is 11.3 Å². The zero-order valence-electron chi connectivity index (χ0n) is 7.95. The smallest absolute Gasteiger partial charge is 0.201 e. The SMILES string of the molecule is CCOC(CC)C(=O)c1cccs1. The van der Waals surface area contributed by atoms with E-state index in [1.807, 2.05) is 31.4 Å². The summed E-state index contributed by atoms with van der Waals surface area (Å²) in [5.41, 5.74) is 0. The van der Waals surface area contributed by atoms with Gasteiger partial charge in [-0.25, -0.2) is 0 Å². The molecule has 2 nitrogen and oxygen atoms in total. The van der Waals surface area contributed by atoms with E-state index in [1.54, 1.807) is 0 Å². The van der Waals surface area contributed by atoms with Crippen LogP contribution < -0.4 is 0 Å².